The first kappa shape index (κ1) is 12.8. The average Bonchev–Trinajstić information content (AvgIpc) is 2.41. The van der Waals surface area contributed by atoms with Gasteiger partial charge in [0.1, 0.15) is 0 Å². The number of nitrogens with zero attached hydrogens (tertiary/aromatic N) is 1. The largest absolute Gasteiger partial charge is 0.385 e. The minimum atomic E-state index is -0.754. The maximum atomic E-state index is 10.4. The molecule has 1 N–H and O–H groups in total. The molecule has 0 bridgehead atoms. The second-order valence-electron chi connectivity index (χ2n) is 4.81. The lowest BCUT2D eigenvalue weighted by atomic mass is 9.90. The van der Waals surface area contributed by atoms with Gasteiger partial charge in [0.05, 0.1) is 5.60 Å². The van der Waals surface area contributed by atoms with E-state index in [1.807, 2.05) is 61.7 Å². The van der Waals surface area contributed by atoms with E-state index in [-0.39, 0.29) is 0 Å². The summed E-state index contributed by atoms with van der Waals surface area (Å²) in [6.45, 7) is 1.88. The lowest BCUT2D eigenvalue weighted by Gasteiger charge is -2.23. The van der Waals surface area contributed by atoms with Crippen molar-refractivity contribution in [3.05, 3.63) is 66.0 Å². The first-order chi connectivity index (χ1) is 8.68. The highest BCUT2D eigenvalue weighted by Crippen LogP contribution is 2.26. The number of aliphatic hydroxyl groups is 1. The molecule has 1 heterocycles. The molecular formula is C16H19NO. The molecular weight excluding hydrogens is 222 g/mol. The van der Waals surface area contributed by atoms with Crippen LogP contribution in [0.15, 0.2) is 54.7 Å². The molecule has 0 aliphatic carbocycles. The van der Waals surface area contributed by atoms with Crippen molar-refractivity contribution in [2.24, 2.45) is 0 Å². The summed E-state index contributed by atoms with van der Waals surface area (Å²) < 4.78 is 0. The quantitative estimate of drug-likeness (QED) is 0.871. The lowest BCUT2D eigenvalue weighted by molar-refractivity contribution is 0.0456. The van der Waals surface area contributed by atoms with Crippen molar-refractivity contribution in [3.63, 3.8) is 0 Å². The van der Waals surface area contributed by atoms with Gasteiger partial charge in [-0.1, -0.05) is 36.4 Å². The van der Waals surface area contributed by atoms with E-state index < -0.39 is 5.60 Å². The van der Waals surface area contributed by atoms with E-state index >= 15 is 0 Å². The molecule has 94 valence electrons. The first-order valence-electron chi connectivity index (χ1n) is 6.36. The van der Waals surface area contributed by atoms with Crippen LogP contribution in [-0.2, 0) is 12.0 Å². The molecule has 0 fully saturated rings. The van der Waals surface area contributed by atoms with Crippen molar-refractivity contribution in [3.8, 4) is 0 Å². The number of hydrogen-bond acceptors (Lipinski definition) is 2. The van der Waals surface area contributed by atoms with Gasteiger partial charge in [0.25, 0.3) is 0 Å². The van der Waals surface area contributed by atoms with Crippen molar-refractivity contribution < 1.29 is 5.11 Å². The summed E-state index contributed by atoms with van der Waals surface area (Å²) in [7, 11) is 0. The molecule has 0 aliphatic rings. The Bertz CT molecular complexity index is 465. The summed E-state index contributed by atoms with van der Waals surface area (Å²) in [5, 5.41) is 10.4. The van der Waals surface area contributed by atoms with Crippen LogP contribution in [0, 0.1) is 0 Å². The highest BCUT2D eigenvalue weighted by atomic mass is 16.3. The van der Waals surface area contributed by atoms with Gasteiger partial charge in [-0.15, -0.1) is 0 Å². The van der Waals surface area contributed by atoms with Crippen molar-refractivity contribution in [1.29, 1.82) is 0 Å². The summed E-state index contributed by atoms with van der Waals surface area (Å²) >= 11 is 0. The fourth-order valence-electron chi connectivity index (χ4n) is 2.10. The fourth-order valence-corrected chi connectivity index (χ4v) is 2.10. The summed E-state index contributed by atoms with van der Waals surface area (Å²) in [6, 6.07) is 15.8. The third kappa shape index (κ3) is 3.41. The van der Waals surface area contributed by atoms with E-state index in [9.17, 15) is 5.11 Å². The molecule has 2 heteroatoms. The van der Waals surface area contributed by atoms with Gasteiger partial charge in [-0.3, -0.25) is 4.98 Å². The van der Waals surface area contributed by atoms with Gasteiger partial charge in [-0.25, -0.2) is 0 Å². The van der Waals surface area contributed by atoms with E-state index in [1.54, 1.807) is 0 Å². The number of pyridine rings is 1. The molecule has 0 unspecified atom stereocenters. The van der Waals surface area contributed by atoms with Gasteiger partial charge in [0, 0.05) is 11.9 Å². The van der Waals surface area contributed by atoms with E-state index in [0.29, 0.717) is 0 Å². The molecule has 0 aliphatic heterocycles. The summed E-state index contributed by atoms with van der Waals surface area (Å²) in [5.41, 5.74) is 1.31. The van der Waals surface area contributed by atoms with E-state index in [0.717, 1.165) is 30.5 Å². The van der Waals surface area contributed by atoms with Crippen LogP contribution in [0.5, 0.6) is 0 Å². The number of aromatic nitrogens is 1. The number of aryl methyl sites for hydroxylation is 1. The Morgan fingerprint density at radius 3 is 2.44 bits per heavy atom. The van der Waals surface area contributed by atoms with Gasteiger partial charge < -0.3 is 5.11 Å². The van der Waals surface area contributed by atoms with Crippen molar-refractivity contribution in [2.45, 2.75) is 31.8 Å². The van der Waals surface area contributed by atoms with Crippen LogP contribution in [0.25, 0.3) is 0 Å². The van der Waals surface area contributed by atoms with Crippen LogP contribution in [0.2, 0.25) is 0 Å². The Labute approximate surface area is 108 Å². The average molecular weight is 241 g/mol. The summed E-state index contributed by atoms with van der Waals surface area (Å²) in [6.07, 6.45) is 4.39. The van der Waals surface area contributed by atoms with Gasteiger partial charge in [-0.2, -0.15) is 0 Å². The number of rotatable bonds is 5. The Hall–Kier alpha value is -1.67. The van der Waals surface area contributed by atoms with Crippen molar-refractivity contribution >= 4 is 0 Å². The molecule has 2 nitrogen and oxygen atoms in total. The summed E-state index contributed by atoms with van der Waals surface area (Å²) in [4.78, 5) is 4.29. The molecule has 0 radical (unpaired) electrons. The Morgan fingerprint density at radius 2 is 1.78 bits per heavy atom. The standard InChI is InChI=1S/C16H19NO/c1-16(18,14-8-3-2-4-9-14)12-7-11-15-10-5-6-13-17-15/h2-6,8-10,13,18H,7,11-12H2,1H3/t16-/m1/s1. The van der Waals surface area contributed by atoms with Crippen LogP contribution in [0.3, 0.4) is 0 Å². The second-order valence-corrected chi connectivity index (χ2v) is 4.81. The highest BCUT2D eigenvalue weighted by Gasteiger charge is 2.21. The predicted molar refractivity (Wildman–Crippen MR) is 73.2 cm³/mol. The molecule has 18 heavy (non-hydrogen) atoms. The second kappa shape index (κ2) is 5.78. The Balaban J connectivity index is 1.90. The normalized spacial score (nSPS) is 14.1. The third-order valence-corrected chi connectivity index (χ3v) is 3.22. The highest BCUT2D eigenvalue weighted by molar-refractivity contribution is 5.21. The molecule has 2 rings (SSSR count). The Morgan fingerprint density at radius 1 is 1.06 bits per heavy atom. The van der Waals surface area contributed by atoms with Gasteiger partial charge in [0.2, 0.25) is 0 Å². The third-order valence-electron chi connectivity index (χ3n) is 3.22. The molecule has 1 aromatic carbocycles. The molecule has 2 aromatic rings. The molecule has 1 aromatic heterocycles. The topological polar surface area (TPSA) is 33.1 Å². The summed E-state index contributed by atoms with van der Waals surface area (Å²) in [5.74, 6) is 0. The SMILES string of the molecule is C[C@@](O)(CCCc1ccccn1)c1ccccc1. The van der Waals surface area contributed by atoms with E-state index in [2.05, 4.69) is 4.98 Å². The zero-order valence-corrected chi connectivity index (χ0v) is 10.7. The number of benzene rings is 1. The molecule has 0 saturated heterocycles. The van der Waals surface area contributed by atoms with Gasteiger partial charge >= 0.3 is 0 Å². The maximum absolute atomic E-state index is 10.4. The van der Waals surface area contributed by atoms with E-state index in [4.69, 9.17) is 0 Å². The minimum absolute atomic E-state index is 0.744. The molecule has 0 amide bonds. The monoisotopic (exact) mass is 241 g/mol. The number of hydrogen-bond donors (Lipinski definition) is 1. The van der Waals surface area contributed by atoms with Crippen LogP contribution in [-0.4, -0.2) is 10.1 Å². The zero-order valence-electron chi connectivity index (χ0n) is 10.7. The predicted octanol–water partition coefficient (Wildman–Crippen LogP) is 3.31. The van der Waals surface area contributed by atoms with Crippen LogP contribution in [0.4, 0.5) is 0 Å². The fraction of sp³-hybridized carbons (Fsp3) is 0.312. The first-order valence-corrected chi connectivity index (χ1v) is 6.36. The van der Waals surface area contributed by atoms with E-state index in [1.165, 1.54) is 0 Å². The minimum Gasteiger partial charge on any atom is -0.385 e. The molecule has 1 atom stereocenters. The molecule has 0 saturated carbocycles. The lowest BCUT2D eigenvalue weighted by Crippen LogP contribution is -2.21. The smallest absolute Gasteiger partial charge is 0.0868 e. The molecule has 0 spiro atoms. The van der Waals surface area contributed by atoms with Crippen molar-refractivity contribution in [1.82, 2.24) is 4.98 Å². The van der Waals surface area contributed by atoms with Gasteiger partial charge in [0.15, 0.2) is 0 Å². The van der Waals surface area contributed by atoms with Crippen molar-refractivity contribution in [2.75, 3.05) is 0 Å². The van der Waals surface area contributed by atoms with Crippen LogP contribution < -0.4 is 0 Å². The Kier molecular flexibility index (Phi) is 4.11. The zero-order chi connectivity index (χ0) is 12.8. The van der Waals surface area contributed by atoms with Crippen LogP contribution in [0.1, 0.15) is 31.0 Å². The van der Waals surface area contributed by atoms with Gasteiger partial charge in [-0.05, 0) is 43.9 Å². The maximum Gasteiger partial charge on any atom is 0.0868 e. The van der Waals surface area contributed by atoms with Crippen LogP contribution >= 0.6 is 0 Å².